The molecule has 0 saturated heterocycles. The Kier molecular flexibility index (Phi) is 5.29. The Morgan fingerprint density at radius 1 is 1.45 bits per heavy atom. The first-order chi connectivity index (χ1) is 9.66. The summed E-state index contributed by atoms with van der Waals surface area (Å²) in [6.45, 7) is 0.474. The molecule has 5 nitrogen and oxygen atoms in total. The number of thiocarbonyl (C=S) groups is 1. The highest BCUT2D eigenvalue weighted by Crippen LogP contribution is 2.17. The number of pyridine rings is 1. The van der Waals surface area contributed by atoms with E-state index < -0.39 is 0 Å². The van der Waals surface area contributed by atoms with Crippen LogP contribution in [-0.2, 0) is 6.54 Å². The first-order valence-corrected chi connectivity index (χ1v) is 7.38. The molecule has 1 fully saturated rings. The first kappa shape index (κ1) is 14.7. The van der Waals surface area contributed by atoms with E-state index in [-0.39, 0.29) is 5.96 Å². The predicted molar refractivity (Wildman–Crippen MR) is 84.3 cm³/mol. The van der Waals surface area contributed by atoms with Crippen molar-refractivity contribution in [3.8, 4) is 0 Å². The van der Waals surface area contributed by atoms with E-state index in [1.165, 1.54) is 19.3 Å². The van der Waals surface area contributed by atoms with Gasteiger partial charge in [-0.2, -0.15) is 0 Å². The van der Waals surface area contributed by atoms with Crippen LogP contribution in [0, 0.1) is 5.41 Å². The molecule has 1 saturated carbocycles. The number of nitrogens with two attached hydrogens (primary N) is 1. The summed E-state index contributed by atoms with van der Waals surface area (Å²) in [7, 11) is 0. The van der Waals surface area contributed by atoms with E-state index >= 15 is 0 Å². The van der Waals surface area contributed by atoms with Crippen LogP contribution in [0.25, 0.3) is 0 Å². The minimum Gasteiger partial charge on any atom is -0.370 e. The van der Waals surface area contributed by atoms with Gasteiger partial charge in [-0.15, -0.1) is 0 Å². The molecule has 1 aromatic heterocycles. The highest BCUT2D eigenvalue weighted by atomic mass is 32.1. The minimum absolute atomic E-state index is 0.0397. The van der Waals surface area contributed by atoms with Gasteiger partial charge in [0.15, 0.2) is 11.1 Å². The van der Waals surface area contributed by atoms with Gasteiger partial charge in [0.05, 0.1) is 6.54 Å². The average molecular weight is 291 g/mol. The molecule has 0 spiro atoms. The van der Waals surface area contributed by atoms with E-state index in [4.69, 9.17) is 23.4 Å². The zero-order valence-corrected chi connectivity index (χ0v) is 12.3. The second kappa shape index (κ2) is 7.19. The van der Waals surface area contributed by atoms with Crippen LogP contribution in [0.15, 0.2) is 24.5 Å². The molecule has 1 aliphatic rings. The van der Waals surface area contributed by atoms with Crippen LogP contribution in [0.1, 0.15) is 37.7 Å². The highest BCUT2D eigenvalue weighted by molar-refractivity contribution is 7.80. The van der Waals surface area contributed by atoms with Crippen LogP contribution in [-0.4, -0.2) is 27.0 Å². The van der Waals surface area contributed by atoms with Gasteiger partial charge in [-0.05, 0) is 36.7 Å². The average Bonchev–Trinajstić information content (AvgIpc) is 2.46. The predicted octanol–water partition coefficient (Wildman–Crippen LogP) is 1.98. The molecule has 6 heteroatoms. The lowest BCUT2D eigenvalue weighted by Crippen LogP contribution is -2.49. The maximum atomic E-state index is 7.70. The van der Waals surface area contributed by atoms with Crippen molar-refractivity contribution < 1.29 is 0 Å². The van der Waals surface area contributed by atoms with Crippen LogP contribution in [0.4, 0.5) is 0 Å². The molecule has 0 unspecified atom stereocenters. The van der Waals surface area contributed by atoms with E-state index in [0.717, 1.165) is 18.4 Å². The third kappa shape index (κ3) is 4.16. The first-order valence-electron chi connectivity index (χ1n) is 6.98. The molecule has 0 aliphatic heterocycles. The lowest BCUT2D eigenvalue weighted by molar-refractivity contribution is 0.403. The van der Waals surface area contributed by atoms with E-state index in [0.29, 0.717) is 17.7 Å². The lowest BCUT2D eigenvalue weighted by Gasteiger charge is -2.29. The molecular formula is C14H21N5S. The van der Waals surface area contributed by atoms with E-state index in [1.807, 2.05) is 12.1 Å². The summed E-state index contributed by atoms with van der Waals surface area (Å²) in [5.74, 6) is -0.0397. The molecule has 2 rings (SSSR count). The van der Waals surface area contributed by atoms with E-state index in [2.05, 4.69) is 10.3 Å². The summed E-state index contributed by atoms with van der Waals surface area (Å²) in [5.41, 5.74) is 6.63. The van der Waals surface area contributed by atoms with Crippen molar-refractivity contribution in [2.75, 3.05) is 0 Å². The summed E-state index contributed by atoms with van der Waals surface area (Å²) in [6, 6.07) is 4.23. The Balaban J connectivity index is 1.97. The standard InChI is InChI=1S/C14H21N5S/c15-13(16)19(10-11-5-4-8-17-9-11)14(20)18-12-6-2-1-3-7-12/h4-5,8-9,12H,1-3,6-7,10H2,(H3,15,16)(H,18,20). The molecule has 0 atom stereocenters. The molecule has 0 bridgehead atoms. The van der Waals surface area contributed by atoms with Crippen LogP contribution >= 0.6 is 12.2 Å². The van der Waals surface area contributed by atoms with Crippen LogP contribution in [0.3, 0.4) is 0 Å². The Labute approximate surface area is 125 Å². The highest BCUT2D eigenvalue weighted by Gasteiger charge is 2.19. The summed E-state index contributed by atoms with van der Waals surface area (Å²) < 4.78 is 0. The van der Waals surface area contributed by atoms with Gasteiger partial charge in [0.25, 0.3) is 0 Å². The van der Waals surface area contributed by atoms with Crippen molar-refractivity contribution in [3.05, 3.63) is 30.1 Å². The fraction of sp³-hybridized carbons (Fsp3) is 0.500. The zero-order chi connectivity index (χ0) is 14.4. The summed E-state index contributed by atoms with van der Waals surface area (Å²) in [5, 5.41) is 11.6. The second-order valence-electron chi connectivity index (χ2n) is 5.12. The number of rotatable bonds is 3. The molecule has 1 heterocycles. The summed E-state index contributed by atoms with van der Waals surface area (Å²) in [6.07, 6.45) is 9.54. The van der Waals surface area contributed by atoms with Gasteiger partial charge in [0.2, 0.25) is 0 Å². The lowest BCUT2D eigenvalue weighted by atomic mass is 9.96. The Hall–Kier alpha value is -1.69. The van der Waals surface area contributed by atoms with Gasteiger partial charge in [-0.25, -0.2) is 0 Å². The van der Waals surface area contributed by atoms with Crippen molar-refractivity contribution in [2.24, 2.45) is 5.73 Å². The number of nitrogens with one attached hydrogen (secondary N) is 2. The molecular weight excluding hydrogens is 270 g/mol. The SMILES string of the molecule is N=C(N)N(Cc1cccnc1)C(=S)NC1CCCCC1. The monoisotopic (exact) mass is 291 g/mol. The number of hydrogen-bond acceptors (Lipinski definition) is 3. The van der Waals surface area contributed by atoms with E-state index in [9.17, 15) is 0 Å². The van der Waals surface area contributed by atoms with Crippen molar-refractivity contribution in [3.63, 3.8) is 0 Å². The van der Waals surface area contributed by atoms with Crippen LogP contribution in [0.2, 0.25) is 0 Å². The van der Waals surface area contributed by atoms with Crippen LogP contribution in [0.5, 0.6) is 0 Å². The topological polar surface area (TPSA) is 78.0 Å². The minimum atomic E-state index is -0.0397. The normalized spacial score (nSPS) is 15.6. The van der Waals surface area contributed by atoms with Crippen molar-refractivity contribution in [2.45, 2.75) is 44.7 Å². The third-order valence-electron chi connectivity index (χ3n) is 3.53. The molecule has 4 N–H and O–H groups in total. The van der Waals surface area contributed by atoms with Gasteiger partial charge in [-0.1, -0.05) is 25.3 Å². The maximum Gasteiger partial charge on any atom is 0.195 e. The number of aromatic nitrogens is 1. The van der Waals surface area contributed by atoms with Crippen molar-refractivity contribution in [1.29, 1.82) is 5.41 Å². The molecule has 1 aliphatic carbocycles. The zero-order valence-electron chi connectivity index (χ0n) is 11.5. The Morgan fingerprint density at radius 3 is 2.80 bits per heavy atom. The molecule has 0 aromatic carbocycles. The molecule has 108 valence electrons. The number of nitrogens with zero attached hydrogens (tertiary/aromatic N) is 2. The maximum absolute atomic E-state index is 7.70. The van der Waals surface area contributed by atoms with Gasteiger partial charge in [0, 0.05) is 18.4 Å². The van der Waals surface area contributed by atoms with E-state index in [1.54, 1.807) is 17.3 Å². The quantitative estimate of drug-likeness (QED) is 0.451. The number of guanidine groups is 1. The molecule has 0 radical (unpaired) electrons. The van der Waals surface area contributed by atoms with Crippen molar-refractivity contribution in [1.82, 2.24) is 15.2 Å². The van der Waals surface area contributed by atoms with Gasteiger partial charge in [0.1, 0.15) is 0 Å². The third-order valence-corrected chi connectivity index (χ3v) is 3.87. The van der Waals surface area contributed by atoms with Gasteiger partial charge < -0.3 is 11.1 Å². The molecule has 20 heavy (non-hydrogen) atoms. The second-order valence-corrected chi connectivity index (χ2v) is 5.50. The fourth-order valence-corrected chi connectivity index (χ4v) is 2.77. The number of hydrogen-bond donors (Lipinski definition) is 3. The largest absolute Gasteiger partial charge is 0.370 e. The fourth-order valence-electron chi connectivity index (χ4n) is 2.44. The summed E-state index contributed by atoms with van der Waals surface area (Å²) in [4.78, 5) is 5.68. The van der Waals surface area contributed by atoms with Gasteiger partial charge in [-0.3, -0.25) is 15.3 Å². The van der Waals surface area contributed by atoms with Crippen LogP contribution < -0.4 is 11.1 Å². The molecule has 0 amide bonds. The smallest absolute Gasteiger partial charge is 0.195 e. The molecule has 1 aromatic rings. The summed E-state index contributed by atoms with van der Waals surface area (Å²) >= 11 is 5.41. The van der Waals surface area contributed by atoms with Crippen molar-refractivity contribution >= 4 is 23.3 Å². The Morgan fingerprint density at radius 2 is 2.20 bits per heavy atom. The van der Waals surface area contributed by atoms with Gasteiger partial charge >= 0.3 is 0 Å². The Bertz CT molecular complexity index is 456.